The number of hydrogen-bond donors (Lipinski definition) is 0. The Hall–Kier alpha value is -1.47. The lowest BCUT2D eigenvalue weighted by Gasteiger charge is -2.29. The predicted molar refractivity (Wildman–Crippen MR) is 64.5 cm³/mol. The van der Waals surface area contributed by atoms with Gasteiger partial charge in [0.15, 0.2) is 23.3 Å². The molecule has 0 amide bonds. The minimum atomic E-state index is -3.09. The number of halogens is 7. The lowest BCUT2D eigenvalue weighted by molar-refractivity contribution is 0.388. The average molecular weight is 310 g/mol. The maximum absolute atomic E-state index is 13.9. The van der Waals surface area contributed by atoms with E-state index in [4.69, 9.17) is 7.85 Å². The summed E-state index contributed by atoms with van der Waals surface area (Å²) < 4.78 is 92.4. The lowest BCUT2D eigenvalue weighted by atomic mass is 9.60. The second-order valence-corrected chi connectivity index (χ2v) is 4.44. The fraction of sp³-hybridized carbons (Fsp3) is 0.385. The highest BCUT2D eigenvalue weighted by atomic mass is 19.3. The van der Waals surface area contributed by atoms with Gasteiger partial charge < -0.3 is 0 Å². The summed E-state index contributed by atoms with van der Waals surface area (Å²) in [5.74, 6) is -11.1. The fourth-order valence-electron chi connectivity index (χ4n) is 1.96. The fourth-order valence-corrected chi connectivity index (χ4v) is 1.96. The molecule has 0 aliphatic carbocycles. The van der Waals surface area contributed by atoms with E-state index in [0.717, 1.165) is 0 Å². The van der Waals surface area contributed by atoms with E-state index in [1.54, 1.807) is 0 Å². The highest BCUT2D eigenvalue weighted by molar-refractivity contribution is 6.16. The molecule has 0 bridgehead atoms. The van der Waals surface area contributed by atoms with Crippen molar-refractivity contribution in [1.82, 2.24) is 0 Å². The summed E-state index contributed by atoms with van der Waals surface area (Å²) in [6.45, 7) is 2.85. The Bertz CT molecular complexity index is 558. The summed E-state index contributed by atoms with van der Waals surface area (Å²) in [5.41, 5.74) is -3.21. The normalized spacial score (nSPS) is 11.7. The molecule has 0 spiro atoms. The first-order valence-corrected chi connectivity index (χ1v) is 5.98. The summed E-state index contributed by atoms with van der Waals surface area (Å²) >= 11 is 0. The van der Waals surface area contributed by atoms with Crippen LogP contribution in [-0.2, 0) is 5.31 Å². The van der Waals surface area contributed by atoms with Crippen molar-refractivity contribution >= 4 is 13.7 Å². The van der Waals surface area contributed by atoms with Gasteiger partial charge >= 0.3 is 6.08 Å². The van der Waals surface area contributed by atoms with Gasteiger partial charge in [0.2, 0.25) is 5.83 Å². The van der Waals surface area contributed by atoms with Crippen molar-refractivity contribution in [2.45, 2.75) is 32.0 Å². The van der Waals surface area contributed by atoms with Crippen LogP contribution in [0.25, 0.3) is 5.83 Å². The molecule has 1 rings (SSSR count). The van der Waals surface area contributed by atoms with Crippen LogP contribution in [0, 0.1) is 23.3 Å². The second-order valence-electron chi connectivity index (χ2n) is 4.44. The van der Waals surface area contributed by atoms with E-state index >= 15 is 0 Å². The molecule has 0 saturated carbocycles. The number of rotatable bonds is 4. The minimum absolute atomic E-state index is 0.0780. The summed E-state index contributed by atoms with van der Waals surface area (Å²) in [4.78, 5) is 0. The standard InChI is InChI=1S/C13H10BF7/c1-3-13(14,4-2)6-10(18)7(15)5(8(16)11(6)19)9(17)12(20)21/h3-4H2,1-2H3. The molecule has 0 unspecified atom stereocenters. The van der Waals surface area contributed by atoms with Crippen LogP contribution in [0.15, 0.2) is 6.08 Å². The molecule has 0 fully saturated rings. The van der Waals surface area contributed by atoms with Gasteiger partial charge in [-0.1, -0.05) is 26.7 Å². The SMILES string of the molecule is [B]C(CC)(CC)c1c(F)c(F)c(C(F)=C(F)F)c(F)c1F. The Labute approximate surface area is 118 Å². The van der Waals surface area contributed by atoms with E-state index < -0.39 is 51.6 Å². The van der Waals surface area contributed by atoms with E-state index in [1.165, 1.54) is 13.8 Å². The minimum Gasteiger partial charge on any atom is -0.203 e. The van der Waals surface area contributed by atoms with Crippen LogP contribution in [0.2, 0.25) is 0 Å². The van der Waals surface area contributed by atoms with E-state index in [0.29, 0.717) is 0 Å². The maximum atomic E-state index is 13.9. The van der Waals surface area contributed by atoms with Crippen LogP contribution in [0.1, 0.15) is 37.8 Å². The molecule has 114 valence electrons. The zero-order valence-corrected chi connectivity index (χ0v) is 11.1. The van der Waals surface area contributed by atoms with Crippen LogP contribution < -0.4 is 0 Å². The van der Waals surface area contributed by atoms with Crippen LogP contribution in [0.5, 0.6) is 0 Å². The molecular formula is C13H10BF7. The molecule has 0 nitrogen and oxygen atoms in total. The summed E-state index contributed by atoms with van der Waals surface area (Å²) in [5, 5.41) is -1.75. The van der Waals surface area contributed by atoms with Crippen molar-refractivity contribution in [2.24, 2.45) is 0 Å². The molecule has 21 heavy (non-hydrogen) atoms. The highest BCUT2D eigenvalue weighted by Gasteiger charge is 2.36. The van der Waals surface area contributed by atoms with Gasteiger partial charge in [-0.2, -0.15) is 8.78 Å². The third kappa shape index (κ3) is 2.80. The Morgan fingerprint density at radius 2 is 1.24 bits per heavy atom. The average Bonchev–Trinajstić information content (AvgIpc) is 2.45. The van der Waals surface area contributed by atoms with E-state index in [-0.39, 0.29) is 12.8 Å². The van der Waals surface area contributed by atoms with Crippen molar-refractivity contribution < 1.29 is 30.7 Å². The van der Waals surface area contributed by atoms with E-state index in [2.05, 4.69) is 0 Å². The Morgan fingerprint density at radius 3 is 1.52 bits per heavy atom. The molecule has 0 aliphatic heterocycles. The molecule has 0 aromatic heterocycles. The molecule has 1 aromatic rings. The summed E-state index contributed by atoms with van der Waals surface area (Å²) in [7, 11) is 5.68. The monoisotopic (exact) mass is 310 g/mol. The van der Waals surface area contributed by atoms with Crippen LogP contribution in [0.4, 0.5) is 30.7 Å². The summed E-state index contributed by atoms with van der Waals surface area (Å²) in [6, 6.07) is 0. The third-order valence-electron chi connectivity index (χ3n) is 3.41. The zero-order chi connectivity index (χ0) is 16.5. The van der Waals surface area contributed by atoms with E-state index in [9.17, 15) is 30.7 Å². The van der Waals surface area contributed by atoms with Gasteiger partial charge in [0.1, 0.15) is 0 Å². The molecule has 0 atom stereocenters. The van der Waals surface area contributed by atoms with Crippen molar-refractivity contribution in [3.05, 3.63) is 40.5 Å². The summed E-state index contributed by atoms with van der Waals surface area (Å²) in [6.07, 6.45) is -3.25. The van der Waals surface area contributed by atoms with Gasteiger partial charge in [0.25, 0.3) is 0 Å². The second kappa shape index (κ2) is 6.11. The first-order chi connectivity index (χ1) is 9.62. The first kappa shape index (κ1) is 17.6. The topological polar surface area (TPSA) is 0 Å². The maximum Gasteiger partial charge on any atom is 0.306 e. The Balaban J connectivity index is 3.82. The predicted octanol–water partition coefficient (Wildman–Crippen LogP) is 4.96. The van der Waals surface area contributed by atoms with Crippen molar-refractivity contribution in [3.63, 3.8) is 0 Å². The molecule has 0 heterocycles. The first-order valence-electron chi connectivity index (χ1n) is 5.98. The quantitative estimate of drug-likeness (QED) is 0.419. The largest absolute Gasteiger partial charge is 0.306 e. The molecule has 0 saturated heterocycles. The lowest BCUT2D eigenvalue weighted by Crippen LogP contribution is -2.29. The smallest absolute Gasteiger partial charge is 0.203 e. The van der Waals surface area contributed by atoms with Crippen LogP contribution in [-0.4, -0.2) is 7.85 Å². The Kier molecular flexibility index (Phi) is 5.12. The van der Waals surface area contributed by atoms with Gasteiger partial charge in [-0.15, -0.1) is 0 Å². The molecule has 1 aromatic carbocycles. The molecule has 8 heteroatoms. The van der Waals surface area contributed by atoms with Gasteiger partial charge in [-0.25, -0.2) is 22.0 Å². The number of hydrogen-bond acceptors (Lipinski definition) is 0. The Morgan fingerprint density at radius 1 is 0.857 bits per heavy atom. The van der Waals surface area contributed by atoms with Crippen molar-refractivity contribution in [1.29, 1.82) is 0 Å². The van der Waals surface area contributed by atoms with Crippen molar-refractivity contribution in [3.8, 4) is 0 Å². The molecular weight excluding hydrogens is 300 g/mol. The zero-order valence-electron chi connectivity index (χ0n) is 11.1. The van der Waals surface area contributed by atoms with Gasteiger partial charge in [-0.05, 0) is 5.31 Å². The van der Waals surface area contributed by atoms with E-state index in [1.807, 2.05) is 0 Å². The third-order valence-corrected chi connectivity index (χ3v) is 3.41. The molecule has 2 radical (unpaired) electrons. The number of benzene rings is 1. The van der Waals surface area contributed by atoms with Crippen molar-refractivity contribution in [2.75, 3.05) is 0 Å². The molecule has 0 aliphatic rings. The van der Waals surface area contributed by atoms with Gasteiger partial charge in [0.05, 0.1) is 13.4 Å². The van der Waals surface area contributed by atoms with Crippen LogP contribution in [0.3, 0.4) is 0 Å². The van der Waals surface area contributed by atoms with Gasteiger partial charge in [0, 0.05) is 5.56 Å². The molecule has 0 N–H and O–H groups in total. The van der Waals surface area contributed by atoms with Gasteiger partial charge in [-0.3, -0.25) is 0 Å². The highest BCUT2D eigenvalue weighted by Crippen LogP contribution is 2.38. The van der Waals surface area contributed by atoms with Crippen LogP contribution >= 0.6 is 0 Å².